The third-order valence-corrected chi connectivity index (χ3v) is 14.4. The number of aromatic nitrogens is 1. The minimum atomic E-state index is 0.897. The van der Waals surface area contributed by atoms with Crippen molar-refractivity contribution in [3.8, 4) is 50.2 Å². The van der Waals surface area contributed by atoms with Gasteiger partial charge in [-0.2, -0.15) is 0 Å². The Morgan fingerprint density at radius 1 is 0.282 bits per heavy atom. The zero-order valence-corrected chi connectivity index (χ0v) is 38.7. The lowest BCUT2D eigenvalue weighted by atomic mass is 9.93. The number of hydrogen-bond donors (Lipinski definition) is 0. The first kappa shape index (κ1) is 40.6. The summed E-state index contributed by atoms with van der Waals surface area (Å²) in [6.45, 7) is 0. The van der Waals surface area contributed by atoms with Gasteiger partial charge in [0.1, 0.15) is 11.2 Å². The van der Waals surface area contributed by atoms with Crippen LogP contribution < -0.4 is 4.90 Å². The largest absolute Gasteiger partial charge is 0.456 e. The molecule has 0 saturated carbocycles. The van der Waals surface area contributed by atoms with Gasteiger partial charge in [-0.1, -0.05) is 188 Å². The Labute approximate surface area is 411 Å². The summed E-state index contributed by atoms with van der Waals surface area (Å²) in [5, 5.41) is 9.85. The fourth-order valence-electron chi connectivity index (χ4n) is 11.0. The number of benzene rings is 12. The zero-order chi connectivity index (χ0) is 46.8. The van der Waals surface area contributed by atoms with Crippen LogP contribution in [0.2, 0.25) is 0 Å². The quantitative estimate of drug-likeness (QED) is 0.142. The summed E-state index contributed by atoms with van der Waals surface area (Å²) in [7, 11) is 0. The molecule has 0 bridgehead atoms. The average Bonchev–Trinajstić information content (AvgIpc) is 4.00. The number of hydrogen-bond acceptors (Lipinski definition) is 2. The van der Waals surface area contributed by atoms with Crippen molar-refractivity contribution in [1.29, 1.82) is 0 Å². The first-order valence-electron chi connectivity index (χ1n) is 24.3. The third kappa shape index (κ3) is 6.89. The second-order valence-corrected chi connectivity index (χ2v) is 18.4. The Morgan fingerprint density at radius 2 is 0.704 bits per heavy atom. The number of furan rings is 1. The second kappa shape index (κ2) is 16.7. The van der Waals surface area contributed by atoms with E-state index in [9.17, 15) is 0 Å². The Hall–Kier alpha value is -9.44. The predicted molar refractivity (Wildman–Crippen MR) is 299 cm³/mol. The summed E-state index contributed by atoms with van der Waals surface area (Å²) >= 11 is 0. The highest BCUT2D eigenvalue weighted by atomic mass is 16.3. The van der Waals surface area contributed by atoms with Gasteiger partial charge in [-0.25, -0.2) is 0 Å². The maximum Gasteiger partial charge on any atom is 0.136 e. The van der Waals surface area contributed by atoms with E-state index in [4.69, 9.17) is 4.42 Å². The highest BCUT2D eigenvalue weighted by Crippen LogP contribution is 2.42. The number of fused-ring (bicyclic) bond motifs is 9. The summed E-state index contributed by atoms with van der Waals surface area (Å²) in [5.41, 5.74) is 18.0. The van der Waals surface area contributed by atoms with Crippen LogP contribution in [0, 0.1) is 0 Å². The Balaban J connectivity index is 0.796. The maximum atomic E-state index is 6.27. The highest BCUT2D eigenvalue weighted by Gasteiger charge is 2.18. The molecule has 0 radical (unpaired) electrons. The van der Waals surface area contributed by atoms with Crippen LogP contribution in [0.25, 0.3) is 115 Å². The van der Waals surface area contributed by atoms with Gasteiger partial charge in [0.2, 0.25) is 0 Å². The molecule has 0 N–H and O–H groups in total. The maximum absolute atomic E-state index is 6.27. The van der Waals surface area contributed by atoms with Crippen LogP contribution in [-0.4, -0.2) is 4.57 Å². The molecule has 0 fully saturated rings. The highest BCUT2D eigenvalue weighted by molar-refractivity contribution is 6.15. The van der Waals surface area contributed by atoms with Gasteiger partial charge in [-0.05, 0) is 145 Å². The van der Waals surface area contributed by atoms with Crippen molar-refractivity contribution >= 4 is 82.4 Å². The molecular formula is C68H44N2O. The molecule has 3 heteroatoms. The smallest absolute Gasteiger partial charge is 0.136 e. The summed E-state index contributed by atoms with van der Waals surface area (Å²) < 4.78 is 8.64. The molecule has 0 amide bonds. The minimum Gasteiger partial charge on any atom is -0.456 e. The predicted octanol–water partition coefficient (Wildman–Crippen LogP) is 19.1. The van der Waals surface area contributed by atoms with Gasteiger partial charge in [0.05, 0.1) is 11.0 Å². The van der Waals surface area contributed by atoms with Crippen molar-refractivity contribution in [2.45, 2.75) is 0 Å². The van der Waals surface area contributed by atoms with E-state index in [0.717, 1.165) is 61.4 Å². The van der Waals surface area contributed by atoms with Gasteiger partial charge in [0.15, 0.2) is 0 Å². The van der Waals surface area contributed by atoms with E-state index in [-0.39, 0.29) is 0 Å². The second-order valence-electron chi connectivity index (χ2n) is 18.4. The molecule has 0 atom stereocenters. The first-order chi connectivity index (χ1) is 35.2. The van der Waals surface area contributed by atoms with Crippen LogP contribution >= 0.6 is 0 Å². The monoisotopic (exact) mass is 904 g/mol. The normalized spacial score (nSPS) is 11.7. The third-order valence-electron chi connectivity index (χ3n) is 14.4. The van der Waals surface area contributed by atoms with Crippen molar-refractivity contribution in [2.24, 2.45) is 0 Å². The molecule has 12 aromatic carbocycles. The molecule has 3 nitrogen and oxygen atoms in total. The van der Waals surface area contributed by atoms with Gasteiger partial charge >= 0.3 is 0 Å². The molecule has 0 aliphatic heterocycles. The minimum absolute atomic E-state index is 0.897. The number of rotatable bonds is 8. The van der Waals surface area contributed by atoms with E-state index in [0.29, 0.717) is 0 Å². The zero-order valence-electron chi connectivity index (χ0n) is 38.7. The van der Waals surface area contributed by atoms with Gasteiger partial charge in [-0.3, -0.25) is 0 Å². The van der Waals surface area contributed by atoms with E-state index < -0.39 is 0 Å². The average molecular weight is 905 g/mol. The molecule has 0 spiro atoms. The molecule has 0 aliphatic rings. The topological polar surface area (TPSA) is 21.3 Å². The van der Waals surface area contributed by atoms with Crippen LogP contribution in [0.15, 0.2) is 271 Å². The molecule has 332 valence electrons. The van der Waals surface area contributed by atoms with E-state index in [1.807, 2.05) is 12.1 Å². The van der Waals surface area contributed by atoms with Crippen LogP contribution in [0.3, 0.4) is 0 Å². The summed E-state index contributed by atoms with van der Waals surface area (Å²) in [5.74, 6) is 0. The molecule has 0 unspecified atom stereocenters. The molecule has 71 heavy (non-hydrogen) atoms. The molecule has 14 rings (SSSR count). The fraction of sp³-hybridized carbons (Fsp3) is 0. The molecule has 14 aromatic rings. The summed E-state index contributed by atoms with van der Waals surface area (Å²) in [4.78, 5) is 2.36. The lowest BCUT2D eigenvalue weighted by Gasteiger charge is -2.26. The number of para-hydroxylation sites is 3. The lowest BCUT2D eigenvalue weighted by molar-refractivity contribution is 0.669. The van der Waals surface area contributed by atoms with Crippen molar-refractivity contribution in [1.82, 2.24) is 4.57 Å². The van der Waals surface area contributed by atoms with Crippen molar-refractivity contribution in [3.63, 3.8) is 0 Å². The van der Waals surface area contributed by atoms with Gasteiger partial charge in [0.25, 0.3) is 0 Å². The standard InChI is InChI=1S/C68H44N2O/c1-2-13-56-51(12-1)44-63(59-15-4-3-14-58(56)59)50-34-42-54(43-35-50)69(53-40-32-49(33-41-53)57-19-11-23-67-68(57)62-18-7-10-22-66(62)71-67)52-36-28-47(29-37-52)45-24-26-46(27-25-45)48-30-38-55(39-31-48)70-64-20-8-5-16-60(64)61-17-6-9-21-65(61)70/h1-44H. The Kier molecular flexibility index (Phi) is 9.53. The van der Waals surface area contributed by atoms with E-state index in [2.05, 4.69) is 264 Å². The lowest BCUT2D eigenvalue weighted by Crippen LogP contribution is -2.09. The van der Waals surface area contributed by atoms with Crippen LogP contribution in [0.4, 0.5) is 17.1 Å². The molecule has 0 saturated heterocycles. The molecule has 0 aliphatic carbocycles. The van der Waals surface area contributed by atoms with E-state index in [1.165, 1.54) is 71.2 Å². The summed E-state index contributed by atoms with van der Waals surface area (Å²) in [6.07, 6.45) is 0. The van der Waals surface area contributed by atoms with E-state index >= 15 is 0 Å². The number of nitrogens with zero attached hydrogens (tertiary/aromatic N) is 2. The van der Waals surface area contributed by atoms with Gasteiger partial charge in [0, 0.05) is 44.3 Å². The molecular weight excluding hydrogens is 861 g/mol. The van der Waals surface area contributed by atoms with Crippen LogP contribution in [-0.2, 0) is 0 Å². The van der Waals surface area contributed by atoms with Crippen molar-refractivity contribution in [3.05, 3.63) is 267 Å². The SMILES string of the molecule is c1ccc2c(c1)cc(-c1ccc(N(c3ccc(-c4ccc(-c5ccc(-n6c7ccccc7c7ccccc76)cc5)cc4)cc3)c3ccc(-c4cccc5oc6ccccc6c45)cc3)cc1)c1ccccc12. The number of anilines is 3. The molecule has 2 heterocycles. The van der Waals surface area contributed by atoms with Crippen molar-refractivity contribution in [2.75, 3.05) is 4.90 Å². The van der Waals surface area contributed by atoms with Crippen LogP contribution in [0.1, 0.15) is 0 Å². The Morgan fingerprint density at radius 3 is 1.30 bits per heavy atom. The van der Waals surface area contributed by atoms with Gasteiger partial charge < -0.3 is 13.9 Å². The molecule has 2 aromatic heterocycles. The van der Waals surface area contributed by atoms with E-state index in [1.54, 1.807) is 0 Å². The van der Waals surface area contributed by atoms with Crippen molar-refractivity contribution < 1.29 is 4.42 Å². The van der Waals surface area contributed by atoms with Crippen LogP contribution in [0.5, 0.6) is 0 Å². The summed E-state index contributed by atoms with van der Waals surface area (Å²) in [6, 6.07) is 96.6. The first-order valence-corrected chi connectivity index (χ1v) is 24.3. The fourth-order valence-corrected chi connectivity index (χ4v) is 11.0. The van der Waals surface area contributed by atoms with Gasteiger partial charge in [-0.15, -0.1) is 0 Å². The Bertz CT molecular complexity index is 4240.